The molecule has 1 amide bonds. The molecule has 0 atom stereocenters. The smallest absolute Gasteiger partial charge is 0.335 e. The second-order valence-electron chi connectivity index (χ2n) is 3.92. The Kier molecular flexibility index (Phi) is 3.60. The zero-order chi connectivity index (χ0) is 14.7. The average Bonchev–Trinajstić information content (AvgIpc) is 2.41. The molecule has 0 aliphatic rings. The number of carboxylic acid groups (broad SMARTS) is 1. The molecule has 102 valence electrons. The highest BCUT2D eigenvalue weighted by Gasteiger charge is 2.09. The fourth-order valence-electron chi connectivity index (χ4n) is 1.50. The SMILES string of the molecule is NC(=O)c1ccc(Nc2ccc(C(=O)O)cc2F)nc1. The molecule has 1 heterocycles. The Morgan fingerprint density at radius 1 is 1.20 bits per heavy atom. The van der Waals surface area contributed by atoms with E-state index >= 15 is 0 Å². The number of benzene rings is 1. The molecular formula is C13H10FN3O3. The van der Waals surface area contributed by atoms with Crippen molar-refractivity contribution in [1.29, 1.82) is 0 Å². The quantitative estimate of drug-likeness (QED) is 0.788. The highest BCUT2D eigenvalue weighted by molar-refractivity contribution is 5.92. The number of nitrogens with one attached hydrogen (secondary N) is 1. The van der Waals surface area contributed by atoms with E-state index < -0.39 is 17.7 Å². The van der Waals surface area contributed by atoms with Gasteiger partial charge < -0.3 is 16.2 Å². The third kappa shape index (κ3) is 2.89. The van der Waals surface area contributed by atoms with Crippen molar-refractivity contribution in [2.75, 3.05) is 5.32 Å². The first-order valence-corrected chi connectivity index (χ1v) is 5.53. The van der Waals surface area contributed by atoms with E-state index in [1.807, 2.05) is 0 Å². The van der Waals surface area contributed by atoms with Crippen LogP contribution in [0.1, 0.15) is 20.7 Å². The van der Waals surface area contributed by atoms with E-state index in [4.69, 9.17) is 10.8 Å². The van der Waals surface area contributed by atoms with Crippen molar-refractivity contribution in [2.45, 2.75) is 0 Å². The predicted octanol–water partition coefficient (Wildman–Crippen LogP) is 1.76. The molecular weight excluding hydrogens is 265 g/mol. The maximum absolute atomic E-state index is 13.7. The zero-order valence-corrected chi connectivity index (χ0v) is 10.1. The van der Waals surface area contributed by atoms with Gasteiger partial charge in [0.15, 0.2) is 0 Å². The molecule has 0 aliphatic carbocycles. The molecule has 2 aromatic rings. The first-order valence-electron chi connectivity index (χ1n) is 5.53. The van der Waals surface area contributed by atoms with Crippen LogP contribution in [0.3, 0.4) is 0 Å². The number of pyridine rings is 1. The summed E-state index contributed by atoms with van der Waals surface area (Å²) in [5.41, 5.74) is 5.23. The van der Waals surface area contributed by atoms with Gasteiger partial charge in [-0.25, -0.2) is 14.2 Å². The minimum Gasteiger partial charge on any atom is -0.478 e. The lowest BCUT2D eigenvalue weighted by Crippen LogP contribution is -2.11. The fourth-order valence-corrected chi connectivity index (χ4v) is 1.50. The Morgan fingerprint density at radius 2 is 1.90 bits per heavy atom. The Morgan fingerprint density at radius 3 is 2.40 bits per heavy atom. The largest absolute Gasteiger partial charge is 0.478 e. The summed E-state index contributed by atoms with van der Waals surface area (Å²) in [7, 11) is 0. The van der Waals surface area contributed by atoms with Crippen LogP contribution in [-0.2, 0) is 0 Å². The van der Waals surface area contributed by atoms with E-state index in [2.05, 4.69) is 10.3 Å². The van der Waals surface area contributed by atoms with Gasteiger partial charge in [-0.2, -0.15) is 0 Å². The first kappa shape index (κ1) is 13.5. The van der Waals surface area contributed by atoms with Gasteiger partial charge in [0.1, 0.15) is 11.6 Å². The Labute approximate surface area is 113 Å². The average molecular weight is 275 g/mol. The number of primary amides is 1. The molecule has 6 nitrogen and oxygen atoms in total. The number of nitrogens with two attached hydrogens (primary N) is 1. The Balaban J connectivity index is 2.21. The molecule has 0 aliphatic heterocycles. The van der Waals surface area contributed by atoms with Crippen LogP contribution in [0.25, 0.3) is 0 Å². The maximum atomic E-state index is 13.7. The van der Waals surface area contributed by atoms with E-state index in [9.17, 15) is 14.0 Å². The van der Waals surface area contributed by atoms with Gasteiger partial charge in [0.05, 0.1) is 16.8 Å². The molecule has 0 spiro atoms. The molecule has 1 aromatic heterocycles. The van der Waals surface area contributed by atoms with Gasteiger partial charge in [-0.15, -0.1) is 0 Å². The second kappa shape index (κ2) is 5.35. The highest BCUT2D eigenvalue weighted by Crippen LogP contribution is 2.20. The van der Waals surface area contributed by atoms with Crippen LogP contribution < -0.4 is 11.1 Å². The molecule has 1 aromatic carbocycles. The summed E-state index contributed by atoms with van der Waals surface area (Å²) >= 11 is 0. The first-order chi connectivity index (χ1) is 9.47. The number of hydrogen-bond donors (Lipinski definition) is 3. The van der Waals surface area contributed by atoms with Crippen LogP contribution in [0.15, 0.2) is 36.5 Å². The van der Waals surface area contributed by atoms with Crippen molar-refractivity contribution in [3.05, 3.63) is 53.5 Å². The standard InChI is InChI=1S/C13H10FN3O3/c14-9-5-7(13(19)20)1-3-10(9)17-11-4-2-8(6-16-11)12(15)18/h1-6H,(H2,15,18)(H,16,17)(H,19,20). The monoisotopic (exact) mass is 275 g/mol. The molecule has 0 saturated heterocycles. The summed E-state index contributed by atoms with van der Waals surface area (Å²) in [5.74, 6) is -2.23. The maximum Gasteiger partial charge on any atom is 0.335 e. The van der Waals surface area contributed by atoms with Crippen molar-refractivity contribution in [2.24, 2.45) is 5.73 Å². The van der Waals surface area contributed by atoms with E-state index in [0.717, 1.165) is 6.07 Å². The molecule has 0 fully saturated rings. The fraction of sp³-hybridized carbons (Fsp3) is 0. The van der Waals surface area contributed by atoms with Crippen molar-refractivity contribution < 1.29 is 19.1 Å². The third-order valence-electron chi connectivity index (χ3n) is 2.53. The van der Waals surface area contributed by atoms with Crippen LogP contribution in [0, 0.1) is 5.82 Å². The number of nitrogens with zero attached hydrogens (tertiary/aromatic N) is 1. The molecule has 20 heavy (non-hydrogen) atoms. The van der Waals surface area contributed by atoms with E-state index in [0.29, 0.717) is 5.82 Å². The number of hydrogen-bond acceptors (Lipinski definition) is 4. The summed E-state index contributed by atoms with van der Waals surface area (Å²) in [4.78, 5) is 25.5. The van der Waals surface area contributed by atoms with Gasteiger partial charge >= 0.3 is 5.97 Å². The molecule has 2 rings (SSSR count). The van der Waals surface area contributed by atoms with Crippen molar-refractivity contribution in [3.63, 3.8) is 0 Å². The summed E-state index contributed by atoms with van der Waals surface area (Å²) in [6.45, 7) is 0. The van der Waals surface area contributed by atoms with Crippen molar-refractivity contribution >= 4 is 23.4 Å². The number of rotatable bonds is 4. The summed E-state index contributed by atoms with van der Waals surface area (Å²) in [5, 5.41) is 11.4. The van der Waals surface area contributed by atoms with Crippen molar-refractivity contribution in [3.8, 4) is 0 Å². The van der Waals surface area contributed by atoms with Gasteiger partial charge in [-0.1, -0.05) is 0 Å². The normalized spacial score (nSPS) is 10.1. The van der Waals surface area contributed by atoms with Gasteiger partial charge in [-0.3, -0.25) is 4.79 Å². The van der Waals surface area contributed by atoms with Gasteiger partial charge in [0, 0.05) is 6.20 Å². The molecule has 7 heteroatoms. The van der Waals surface area contributed by atoms with Gasteiger partial charge in [0.2, 0.25) is 5.91 Å². The molecule has 0 unspecified atom stereocenters. The topological polar surface area (TPSA) is 105 Å². The summed E-state index contributed by atoms with van der Waals surface area (Å²) < 4.78 is 13.7. The van der Waals surface area contributed by atoms with Gasteiger partial charge in [0.25, 0.3) is 0 Å². The molecule has 4 N–H and O–H groups in total. The predicted molar refractivity (Wildman–Crippen MR) is 69.4 cm³/mol. The lowest BCUT2D eigenvalue weighted by atomic mass is 10.2. The molecule has 0 radical (unpaired) electrons. The number of amides is 1. The Bertz CT molecular complexity index is 671. The number of anilines is 2. The van der Waals surface area contributed by atoms with E-state index in [1.54, 1.807) is 0 Å². The number of halogens is 1. The van der Waals surface area contributed by atoms with Gasteiger partial charge in [-0.05, 0) is 30.3 Å². The second-order valence-corrected chi connectivity index (χ2v) is 3.92. The summed E-state index contributed by atoms with van der Waals surface area (Å²) in [6, 6.07) is 6.38. The number of carboxylic acids is 1. The zero-order valence-electron chi connectivity index (χ0n) is 10.1. The van der Waals surface area contributed by atoms with Crippen LogP contribution in [0.5, 0.6) is 0 Å². The third-order valence-corrected chi connectivity index (χ3v) is 2.53. The number of carbonyl (C=O) groups is 2. The minimum atomic E-state index is -1.21. The molecule has 0 bridgehead atoms. The Hall–Kier alpha value is -2.96. The minimum absolute atomic E-state index is 0.0781. The molecule has 0 saturated carbocycles. The lowest BCUT2D eigenvalue weighted by molar-refractivity contribution is 0.0696. The van der Waals surface area contributed by atoms with Crippen LogP contribution in [0.2, 0.25) is 0 Å². The number of aromatic carboxylic acids is 1. The lowest BCUT2D eigenvalue weighted by Gasteiger charge is -2.07. The van der Waals surface area contributed by atoms with Crippen LogP contribution in [0.4, 0.5) is 15.9 Å². The van der Waals surface area contributed by atoms with Crippen molar-refractivity contribution in [1.82, 2.24) is 4.98 Å². The van der Waals surface area contributed by atoms with E-state index in [-0.39, 0.29) is 16.8 Å². The van der Waals surface area contributed by atoms with Crippen LogP contribution in [-0.4, -0.2) is 22.0 Å². The number of carbonyl (C=O) groups excluding carboxylic acids is 1. The van der Waals surface area contributed by atoms with E-state index in [1.165, 1.54) is 30.5 Å². The highest BCUT2D eigenvalue weighted by atomic mass is 19.1. The van der Waals surface area contributed by atoms with Crippen LogP contribution >= 0.6 is 0 Å². The summed E-state index contributed by atoms with van der Waals surface area (Å²) in [6.07, 6.45) is 1.26. The number of aromatic nitrogens is 1.